The van der Waals surface area contributed by atoms with Crippen LogP contribution in [0.15, 0.2) is 66.7 Å². The van der Waals surface area contributed by atoms with Gasteiger partial charge in [-0.05, 0) is 97.5 Å². The molecule has 5 nitrogen and oxygen atoms in total. The van der Waals surface area contributed by atoms with E-state index in [-0.39, 0.29) is 17.9 Å². The predicted octanol–water partition coefficient (Wildman–Crippen LogP) is 7.22. The number of carbonyl (C=O) groups excluding carboxylic acids is 2. The maximum absolute atomic E-state index is 13.2. The molecule has 0 spiro atoms. The van der Waals surface area contributed by atoms with Crippen LogP contribution in [0.5, 0.6) is 0 Å². The Hall–Kier alpha value is -3.65. The van der Waals surface area contributed by atoms with Gasteiger partial charge in [-0.2, -0.15) is 13.2 Å². The number of nitrogens with zero attached hydrogens (tertiary/aromatic N) is 1. The number of benzene rings is 3. The van der Waals surface area contributed by atoms with Crippen LogP contribution in [0.3, 0.4) is 0 Å². The molecule has 0 saturated carbocycles. The van der Waals surface area contributed by atoms with Crippen LogP contribution < -0.4 is 10.6 Å². The summed E-state index contributed by atoms with van der Waals surface area (Å²) in [5.41, 5.74) is 5.09. The smallest absolute Gasteiger partial charge is 0.356 e. The van der Waals surface area contributed by atoms with Crippen LogP contribution in [0.2, 0.25) is 0 Å². The van der Waals surface area contributed by atoms with Crippen molar-refractivity contribution < 1.29 is 22.8 Å². The lowest BCUT2D eigenvalue weighted by atomic mass is 9.93. The number of alkyl halides is 3. The first-order chi connectivity index (χ1) is 21.2. The second-order valence-corrected chi connectivity index (χ2v) is 11.5. The van der Waals surface area contributed by atoms with Crippen LogP contribution in [0, 0.1) is 0 Å². The maximum Gasteiger partial charge on any atom is 0.416 e. The van der Waals surface area contributed by atoms with Crippen molar-refractivity contribution in [2.75, 3.05) is 26.2 Å². The Morgan fingerprint density at radius 3 is 2.16 bits per heavy atom. The van der Waals surface area contributed by atoms with Crippen molar-refractivity contribution in [3.63, 3.8) is 0 Å². The van der Waals surface area contributed by atoms with E-state index in [4.69, 9.17) is 0 Å². The Morgan fingerprint density at radius 1 is 0.864 bits per heavy atom. The quantitative estimate of drug-likeness (QED) is 0.202. The van der Waals surface area contributed by atoms with E-state index in [0.29, 0.717) is 29.7 Å². The summed E-state index contributed by atoms with van der Waals surface area (Å²) in [4.78, 5) is 27.9. The monoisotopic (exact) mass is 607 g/mol. The summed E-state index contributed by atoms with van der Waals surface area (Å²) in [6.45, 7) is 7.62. The largest absolute Gasteiger partial charge is 0.416 e. The minimum Gasteiger partial charge on any atom is -0.356 e. The Labute approximate surface area is 259 Å². The number of aryl methyl sites for hydroxylation is 2. The molecular formula is C36H44F3N3O2. The highest BCUT2D eigenvalue weighted by Gasteiger charge is 2.30. The fourth-order valence-electron chi connectivity index (χ4n) is 6.05. The minimum absolute atomic E-state index is 0.0326. The van der Waals surface area contributed by atoms with Crippen molar-refractivity contribution in [3.8, 4) is 11.1 Å². The van der Waals surface area contributed by atoms with Crippen molar-refractivity contribution in [2.24, 2.45) is 0 Å². The lowest BCUT2D eigenvalue weighted by Gasteiger charge is -2.32. The van der Waals surface area contributed by atoms with Gasteiger partial charge >= 0.3 is 6.18 Å². The molecule has 8 heteroatoms. The molecule has 236 valence electrons. The molecule has 0 aliphatic carbocycles. The summed E-state index contributed by atoms with van der Waals surface area (Å²) in [5.74, 6) is -0.110. The first-order valence-corrected chi connectivity index (χ1v) is 15.9. The molecule has 1 saturated heterocycles. The molecule has 0 aromatic heterocycles. The Balaban J connectivity index is 1.15. The van der Waals surface area contributed by atoms with E-state index in [9.17, 15) is 22.8 Å². The number of likely N-dealkylation sites (tertiary alicyclic amines) is 1. The van der Waals surface area contributed by atoms with Gasteiger partial charge < -0.3 is 15.5 Å². The molecule has 1 aliphatic heterocycles. The topological polar surface area (TPSA) is 61.4 Å². The van der Waals surface area contributed by atoms with Crippen LogP contribution in [0.25, 0.3) is 11.1 Å². The molecule has 3 aromatic rings. The van der Waals surface area contributed by atoms with Crippen LogP contribution >= 0.6 is 0 Å². The van der Waals surface area contributed by atoms with Crippen LogP contribution in [0.4, 0.5) is 13.2 Å². The molecular weight excluding hydrogens is 563 g/mol. The number of hydrogen-bond donors (Lipinski definition) is 2. The highest BCUT2D eigenvalue weighted by molar-refractivity contribution is 6.01. The third-order valence-corrected chi connectivity index (χ3v) is 8.55. The summed E-state index contributed by atoms with van der Waals surface area (Å²) in [6.07, 6.45) is 2.46. The van der Waals surface area contributed by atoms with E-state index >= 15 is 0 Å². The van der Waals surface area contributed by atoms with Gasteiger partial charge in [0.2, 0.25) is 5.91 Å². The molecule has 0 bridgehead atoms. The predicted molar refractivity (Wildman–Crippen MR) is 170 cm³/mol. The van der Waals surface area contributed by atoms with E-state index < -0.39 is 11.7 Å². The SMILES string of the molecule is CCc1cccc(CC)c1CCCC(=O)NCCCN1CCC(NC(=O)c2ccccc2-c2ccc(C(F)(F)F)cc2)CC1. The average Bonchev–Trinajstić information content (AvgIpc) is 3.03. The van der Waals surface area contributed by atoms with Gasteiger partial charge in [0.15, 0.2) is 0 Å². The van der Waals surface area contributed by atoms with Gasteiger partial charge in [0, 0.05) is 37.7 Å². The normalized spacial score (nSPS) is 14.4. The number of piperidine rings is 1. The number of amides is 2. The molecule has 44 heavy (non-hydrogen) atoms. The second-order valence-electron chi connectivity index (χ2n) is 11.5. The molecule has 2 amide bonds. The highest BCUT2D eigenvalue weighted by Crippen LogP contribution is 2.32. The zero-order chi connectivity index (χ0) is 31.5. The fourth-order valence-corrected chi connectivity index (χ4v) is 6.05. The summed E-state index contributed by atoms with van der Waals surface area (Å²) in [7, 11) is 0. The molecule has 1 aliphatic rings. The number of carbonyl (C=O) groups is 2. The second kappa shape index (κ2) is 15.9. The molecule has 1 fully saturated rings. The van der Waals surface area contributed by atoms with Crippen LogP contribution in [0.1, 0.15) is 78.6 Å². The van der Waals surface area contributed by atoms with Crippen molar-refractivity contribution in [1.82, 2.24) is 15.5 Å². The zero-order valence-corrected chi connectivity index (χ0v) is 25.8. The van der Waals surface area contributed by atoms with Gasteiger partial charge in [0.25, 0.3) is 5.91 Å². The highest BCUT2D eigenvalue weighted by atomic mass is 19.4. The van der Waals surface area contributed by atoms with Crippen molar-refractivity contribution in [1.29, 1.82) is 0 Å². The van der Waals surface area contributed by atoms with Crippen LogP contribution in [-0.2, 0) is 30.2 Å². The number of rotatable bonds is 13. The van der Waals surface area contributed by atoms with Crippen molar-refractivity contribution in [3.05, 3.63) is 94.5 Å². The maximum atomic E-state index is 13.2. The Bertz CT molecular complexity index is 1360. The minimum atomic E-state index is -4.40. The van der Waals surface area contributed by atoms with Gasteiger partial charge in [-0.1, -0.05) is 62.4 Å². The van der Waals surface area contributed by atoms with Gasteiger partial charge in [-0.15, -0.1) is 0 Å². The van der Waals surface area contributed by atoms with E-state index in [0.717, 1.165) is 76.7 Å². The summed E-state index contributed by atoms with van der Waals surface area (Å²) in [6, 6.07) is 18.4. The third-order valence-electron chi connectivity index (χ3n) is 8.55. The average molecular weight is 608 g/mol. The summed E-state index contributed by atoms with van der Waals surface area (Å²) in [5, 5.41) is 6.20. The van der Waals surface area contributed by atoms with Crippen molar-refractivity contribution in [2.45, 2.75) is 77.4 Å². The standard InChI is InChI=1S/C36H44F3N3O2/c1-3-26-10-7-11-27(4-2)31(26)14-8-15-34(43)40-22-9-23-42-24-20-30(21-25-42)41-35(44)33-13-6-5-12-32(33)28-16-18-29(19-17-28)36(37,38)39/h5-7,10-13,16-19,30H,3-4,8-9,14-15,20-25H2,1-2H3,(H,40,43)(H,41,44). The zero-order valence-electron chi connectivity index (χ0n) is 25.8. The van der Waals surface area contributed by atoms with Gasteiger partial charge in [0.05, 0.1) is 5.56 Å². The third kappa shape index (κ3) is 9.18. The number of halogens is 3. The summed E-state index contributed by atoms with van der Waals surface area (Å²) < 4.78 is 38.9. The number of hydrogen-bond acceptors (Lipinski definition) is 3. The molecule has 0 radical (unpaired) electrons. The molecule has 0 unspecified atom stereocenters. The van der Waals surface area contributed by atoms with E-state index in [1.807, 2.05) is 0 Å². The van der Waals surface area contributed by atoms with Gasteiger partial charge in [-0.25, -0.2) is 0 Å². The van der Waals surface area contributed by atoms with E-state index in [1.165, 1.54) is 28.8 Å². The van der Waals surface area contributed by atoms with Gasteiger partial charge in [-0.3, -0.25) is 9.59 Å². The molecule has 2 N–H and O–H groups in total. The molecule has 3 aromatic carbocycles. The number of nitrogens with one attached hydrogen (secondary N) is 2. The Kier molecular flexibility index (Phi) is 12.0. The lowest BCUT2D eigenvalue weighted by molar-refractivity contribution is -0.137. The van der Waals surface area contributed by atoms with Crippen molar-refractivity contribution >= 4 is 11.8 Å². The first kappa shape index (κ1) is 33.2. The van der Waals surface area contributed by atoms with E-state index in [1.54, 1.807) is 24.3 Å². The summed E-state index contributed by atoms with van der Waals surface area (Å²) >= 11 is 0. The fraction of sp³-hybridized carbons (Fsp3) is 0.444. The van der Waals surface area contributed by atoms with E-state index in [2.05, 4.69) is 47.6 Å². The Morgan fingerprint density at radius 2 is 1.52 bits per heavy atom. The molecule has 4 rings (SSSR count). The lowest BCUT2D eigenvalue weighted by Crippen LogP contribution is -2.45. The van der Waals surface area contributed by atoms with Crippen LogP contribution in [-0.4, -0.2) is 48.9 Å². The first-order valence-electron chi connectivity index (χ1n) is 15.9. The molecule has 0 atom stereocenters. The molecule has 1 heterocycles. The van der Waals surface area contributed by atoms with Gasteiger partial charge in [0.1, 0.15) is 0 Å².